The Morgan fingerprint density at radius 3 is 2.72 bits per heavy atom. The maximum atomic E-state index is 5.41. The SMILES string of the molecule is CNCCCNc1nc(CN(C)Cc2ccco2)nc2ccccc12. The van der Waals surface area contributed by atoms with E-state index in [1.54, 1.807) is 6.26 Å². The summed E-state index contributed by atoms with van der Waals surface area (Å²) in [4.78, 5) is 11.6. The molecule has 6 nitrogen and oxygen atoms in total. The first-order valence-electron chi connectivity index (χ1n) is 8.61. The summed E-state index contributed by atoms with van der Waals surface area (Å²) in [5, 5.41) is 7.67. The number of fused-ring (bicyclic) bond motifs is 1. The van der Waals surface area contributed by atoms with Crippen LogP contribution in [0.5, 0.6) is 0 Å². The second-order valence-corrected chi connectivity index (χ2v) is 6.14. The van der Waals surface area contributed by atoms with Gasteiger partial charge in [-0.25, -0.2) is 9.97 Å². The number of anilines is 1. The molecule has 0 unspecified atom stereocenters. The van der Waals surface area contributed by atoms with Crippen molar-refractivity contribution >= 4 is 16.7 Å². The van der Waals surface area contributed by atoms with E-state index in [2.05, 4.69) is 21.6 Å². The molecule has 0 saturated heterocycles. The van der Waals surface area contributed by atoms with Gasteiger partial charge in [0.05, 0.1) is 24.9 Å². The third-order valence-corrected chi connectivity index (χ3v) is 3.96. The molecule has 2 aromatic heterocycles. The van der Waals surface area contributed by atoms with Crippen LogP contribution in [0.1, 0.15) is 18.0 Å². The molecule has 1 aromatic carbocycles. The van der Waals surface area contributed by atoms with E-state index >= 15 is 0 Å². The van der Waals surface area contributed by atoms with Crippen molar-refractivity contribution in [2.75, 3.05) is 32.5 Å². The minimum Gasteiger partial charge on any atom is -0.468 e. The minimum atomic E-state index is 0.663. The Morgan fingerprint density at radius 2 is 1.92 bits per heavy atom. The van der Waals surface area contributed by atoms with Crippen LogP contribution in [0, 0.1) is 0 Å². The first-order chi connectivity index (χ1) is 12.3. The zero-order valence-electron chi connectivity index (χ0n) is 14.8. The van der Waals surface area contributed by atoms with E-state index in [1.807, 2.05) is 44.4 Å². The van der Waals surface area contributed by atoms with Crippen molar-refractivity contribution in [3.05, 3.63) is 54.2 Å². The number of rotatable bonds is 9. The lowest BCUT2D eigenvalue weighted by molar-refractivity contribution is 0.282. The molecule has 0 aliphatic carbocycles. The van der Waals surface area contributed by atoms with E-state index < -0.39 is 0 Å². The van der Waals surface area contributed by atoms with Gasteiger partial charge in [-0.05, 0) is 51.3 Å². The van der Waals surface area contributed by atoms with Gasteiger partial charge in [0.1, 0.15) is 17.4 Å². The zero-order chi connectivity index (χ0) is 17.5. The number of furan rings is 1. The fraction of sp³-hybridized carbons (Fsp3) is 0.368. The number of nitrogens with zero attached hydrogens (tertiary/aromatic N) is 3. The first kappa shape index (κ1) is 17.4. The molecular formula is C19H25N5O. The van der Waals surface area contributed by atoms with Crippen LogP contribution in [0.2, 0.25) is 0 Å². The van der Waals surface area contributed by atoms with Crippen LogP contribution >= 0.6 is 0 Å². The minimum absolute atomic E-state index is 0.663. The van der Waals surface area contributed by atoms with Crippen molar-refractivity contribution in [3.8, 4) is 0 Å². The quantitative estimate of drug-likeness (QED) is 0.584. The second-order valence-electron chi connectivity index (χ2n) is 6.14. The molecule has 6 heteroatoms. The zero-order valence-corrected chi connectivity index (χ0v) is 14.8. The predicted molar refractivity (Wildman–Crippen MR) is 100 cm³/mol. The van der Waals surface area contributed by atoms with Gasteiger partial charge in [0, 0.05) is 11.9 Å². The summed E-state index contributed by atoms with van der Waals surface area (Å²) < 4.78 is 5.41. The van der Waals surface area contributed by atoms with E-state index in [-0.39, 0.29) is 0 Å². The lowest BCUT2D eigenvalue weighted by Gasteiger charge is -2.16. The summed E-state index contributed by atoms with van der Waals surface area (Å²) in [5.41, 5.74) is 0.968. The highest BCUT2D eigenvalue weighted by molar-refractivity contribution is 5.88. The van der Waals surface area contributed by atoms with Crippen LogP contribution in [0.25, 0.3) is 10.9 Å². The van der Waals surface area contributed by atoms with Crippen molar-refractivity contribution in [1.29, 1.82) is 0 Å². The van der Waals surface area contributed by atoms with Crippen molar-refractivity contribution in [2.45, 2.75) is 19.5 Å². The van der Waals surface area contributed by atoms with Gasteiger partial charge in [-0.2, -0.15) is 0 Å². The number of nitrogens with one attached hydrogen (secondary N) is 2. The number of para-hydroxylation sites is 1. The van der Waals surface area contributed by atoms with Gasteiger partial charge in [-0.15, -0.1) is 0 Å². The molecule has 25 heavy (non-hydrogen) atoms. The van der Waals surface area contributed by atoms with Gasteiger partial charge in [0.15, 0.2) is 0 Å². The molecule has 0 aliphatic heterocycles. The normalized spacial score (nSPS) is 11.3. The van der Waals surface area contributed by atoms with Gasteiger partial charge < -0.3 is 15.1 Å². The third-order valence-electron chi connectivity index (χ3n) is 3.96. The van der Waals surface area contributed by atoms with Gasteiger partial charge in [0.25, 0.3) is 0 Å². The molecule has 2 heterocycles. The molecule has 0 radical (unpaired) electrons. The topological polar surface area (TPSA) is 66.2 Å². The molecule has 0 atom stereocenters. The Morgan fingerprint density at radius 1 is 1.04 bits per heavy atom. The summed E-state index contributed by atoms with van der Waals surface area (Å²) in [6.45, 7) is 3.25. The van der Waals surface area contributed by atoms with Crippen LogP contribution < -0.4 is 10.6 Å². The maximum absolute atomic E-state index is 5.41. The van der Waals surface area contributed by atoms with Crippen molar-refractivity contribution in [1.82, 2.24) is 20.2 Å². The highest BCUT2D eigenvalue weighted by Gasteiger charge is 2.10. The molecule has 0 fully saturated rings. The number of aromatic nitrogens is 2. The van der Waals surface area contributed by atoms with E-state index in [0.717, 1.165) is 54.4 Å². The molecule has 0 bridgehead atoms. The number of hydrogen-bond acceptors (Lipinski definition) is 6. The third kappa shape index (κ3) is 4.78. The second kappa shape index (κ2) is 8.60. The van der Waals surface area contributed by atoms with Crippen molar-refractivity contribution in [3.63, 3.8) is 0 Å². The molecule has 3 rings (SSSR count). The fourth-order valence-electron chi connectivity index (χ4n) is 2.77. The van der Waals surface area contributed by atoms with Crippen LogP contribution in [-0.4, -0.2) is 42.1 Å². The fourth-order valence-corrected chi connectivity index (χ4v) is 2.77. The standard InChI is InChI=1S/C19H25N5O/c1-20-10-6-11-21-19-16-8-3-4-9-17(16)22-18(23-19)14-24(2)13-15-7-5-12-25-15/h3-5,7-9,12,20H,6,10-11,13-14H2,1-2H3,(H,21,22,23). The Bertz CT molecular complexity index is 788. The summed E-state index contributed by atoms with van der Waals surface area (Å²) in [7, 11) is 4.01. The van der Waals surface area contributed by atoms with Crippen LogP contribution in [0.3, 0.4) is 0 Å². The van der Waals surface area contributed by atoms with Gasteiger partial charge in [0.2, 0.25) is 0 Å². The summed E-state index contributed by atoms with van der Waals surface area (Å²) in [5.74, 6) is 2.65. The van der Waals surface area contributed by atoms with E-state index in [1.165, 1.54) is 0 Å². The summed E-state index contributed by atoms with van der Waals surface area (Å²) in [6, 6.07) is 12.0. The Balaban J connectivity index is 1.75. The number of hydrogen-bond donors (Lipinski definition) is 2. The Labute approximate surface area is 148 Å². The van der Waals surface area contributed by atoms with E-state index in [4.69, 9.17) is 14.4 Å². The summed E-state index contributed by atoms with van der Waals surface area (Å²) in [6.07, 6.45) is 2.74. The van der Waals surface area contributed by atoms with Gasteiger partial charge in [-0.3, -0.25) is 4.90 Å². The molecule has 2 N–H and O–H groups in total. The predicted octanol–water partition coefficient (Wildman–Crippen LogP) is 2.88. The van der Waals surface area contributed by atoms with Gasteiger partial charge >= 0.3 is 0 Å². The summed E-state index contributed by atoms with van der Waals surface area (Å²) >= 11 is 0. The molecule has 0 amide bonds. The Hall–Kier alpha value is -2.44. The monoisotopic (exact) mass is 339 g/mol. The largest absolute Gasteiger partial charge is 0.468 e. The molecule has 132 valence electrons. The van der Waals surface area contributed by atoms with E-state index in [0.29, 0.717) is 6.54 Å². The lowest BCUT2D eigenvalue weighted by atomic mass is 10.2. The maximum Gasteiger partial charge on any atom is 0.145 e. The number of benzene rings is 1. The molecule has 3 aromatic rings. The lowest BCUT2D eigenvalue weighted by Crippen LogP contribution is -2.19. The highest BCUT2D eigenvalue weighted by atomic mass is 16.3. The molecule has 0 aliphatic rings. The van der Waals surface area contributed by atoms with E-state index in [9.17, 15) is 0 Å². The highest BCUT2D eigenvalue weighted by Crippen LogP contribution is 2.20. The van der Waals surface area contributed by atoms with Crippen LogP contribution in [0.4, 0.5) is 5.82 Å². The van der Waals surface area contributed by atoms with Crippen LogP contribution in [0.15, 0.2) is 47.1 Å². The molecule has 0 saturated carbocycles. The van der Waals surface area contributed by atoms with Crippen molar-refractivity contribution < 1.29 is 4.42 Å². The van der Waals surface area contributed by atoms with Gasteiger partial charge in [-0.1, -0.05) is 12.1 Å². The average Bonchev–Trinajstić information content (AvgIpc) is 3.11. The van der Waals surface area contributed by atoms with Crippen LogP contribution in [-0.2, 0) is 13.1 Å². The molecule has 0 spiro atoms. The first-order valence-corrected chi connectivity index (χ1v) is 8.61. The molecular weight excluding hydrogens is 314 g/mol. The smallest absolute Gasteiger partial charge is 0.145 e. The van der Waals surface area contributed by atoms with Crippen molar-refractivity contribution in [2.24, 2.45) is 0 Å². The Kier molecular flexibility index (Phi) is 5.98. The average molecular weight is 339 g/mol.